The van der Waals surface area contributed by atoms with Crippen LogP contribution >= 0.6 is 31.9 Å². The highest BCUT2D eigenvalue weighted by atomic mass is 79.9. The molecular formula is C5H12Br2Si. The highest BCUT2D eigenvalue weighted by Crippen LogP contribution is 2.17. The molecule has 0 aliphatic heterocycles. The molecule has 50 valence electrons. The lowest BCUT2D eigenvalue weighted by Crippen LogP contribution is -2.34. The largest absolute Gasteiger partial charge is 0.0919 e. The van der Waals surface area contributed by atoms with Crippen LogP contribution in [0, 0.1) is 0 Å². The predicted octanol–water partition coefficient (Wildman–Crippen LogP) is 3.02. The molecule has 0 radical (unpaired) electrons. The molecule has 0 aliphatic rings. The lowest BCUT2D eigenvalue weighted by Gasteiger charge is -2.20. The van der Waals surface area contributed by atoms with E-state index in [1.54, 1.807) is 0 Å². The highest BCUT2D eigenvalue weighted by Gasteiger charge is 2.22. The highest BCUT2D eigenvalue weighted by molar-refractivity contribution is 9.12. The van der Waals surface area contributed by atoms with Crippen LogP contribution in [0.1, 0.15) is 0 Å². The minimum atomic E-state index is -0.891. The van der Waals surface area contributed by atoms with Crippen molar-refractivity contribution in [2.75, 3.05) is 5.33 Å². The van der Waals surface area contributed by atoms with Crippen LogP contribution in [0.2, 0.25) is 19.6 Å². The van der Waals surface area contributed by atoms with Gasteiger partial charge in [-0.3, -0.25) is 0 Å². The van der Waals surface area contributed by atoms with E-state index in [1.807, 2.05) is 0 Å². The van der Waals surface area contributed by atoms with E-state index in [1.165, 1.54) is 0 Å². The summed E-state index contributed by atoms with van der Waals surface area (Å²) < 4.78 is 0.718. The van der Waals surface area contributed by atoms with Crippen LogP contribution < -0.4 is 0 Å². The third-order valence-electron chi connectivity index (χ3n) is 1.08. The standard InChI is InChI=1S/C5H12Br2Si/c1-8(2,3)5(7)4-6/h5H,4H2,1-3H3/t5-/m1/s1. The Hall–Kier alpha value is 1.18. The summed E-state index contributed by atoms with van der Waals surface area (Å²) in [5.74, 6) is 0. The first-order valence-corrected chi connectivity index (χ1v) is 8.30. The van der Waals surface area contributed by atoms with Crippen LogP contribution in [-0.4, -0.2) is 17.9 Å². The fraction of sp³-hybridized carbons (Fsp3) is 1.00. The van der Waals surface area contributed by atoms with Gasteiger partial charge in [-0.15, -0.1) is 0 Å². The topological polar surface area (TPSA) is 0 Å². The first-order valence-electron chi connectivity index (χ1n) is 2.68. The lowest BCUT2D eigenvalue weighted by molar-refractivity contribution is 1.35. The number of halogens is 2. The van der Waals surface area contributed by atoms with Gasteiger partial charge in [-0.05, 0) is 0 Å². The maximum Gasteiger partial charge on any atom is 0.0606 e. The minimum absolute atomic E-state index is 0.718. The third kappa shape index (κ3) is 3.25. The van der Waals surface area contributed by atoms with Gasteiger partial charge in [0.1, 0.15) is 0 Å². The molecule has 0 amide bonds. The molecule has 0 rings (SSSR count). The van der Waals surface area contributed by atoms with E-state index in [9.17, 15) is 0 Å². The van der Waals surface area contributed by atoms with Crippen molar-refractivity contribution in [3.8, 4) is 0 Å². The van der Waals surface area contributed by atoms with Gasteiger partial charge < -0.3 is 0 Å². The van der Waals surface area contributed by atoms with E-state index in [-0.39, 0.29) is 0 Å². The predicted molar refractivity (Wildman–Crippen MR) is 49.9 cm³/mol. The first-order chi connectivity index (χ1) is 3.48. The molecule has 0 heterocycles. The lowest BCUT2D eigenvalue weighted by atomic mass is 11.0. The van der Waals surface area contributed by atoms with E-state index in [4.69, 9.17) is 0 Å². The molecule has 0 nitrogen and oxygen atoms in total. The maximum absolute atomic E-state index is 3.61. The van der Waals surface area contributed by atoms with Crippen LogP contribution in [0.4, 0.5) is 0 Å². The van der Waals surface area contributed by atoms with Gasteiger partial charge in [-0.25, -0.2) is 0 Å². The fourth-order valence-corrected chi connectivity index (χ4v) is 3.61. The van der Waals surface area contributed by atoms with Crippen LogP contribution in [0.3, 0.4) is 0 Å². The first kappa shape index (κ1) is 9.18. The molecule has 3 heteroatoms. The van der Waals surface area contributed by atoms with Gasteiger partial charge in [-0.2, -0.15) is 0 Å². The van der Waals surface area contributed by atoms with Gasteiger partial charge in [-0.1, -0.05) is 51.5 Å². The Balaban J connectivity index is 3.62. The average Bonchev–Trinajstić information content (AvgIpc) is 1.62. The molecule has 0 spiro atoms. The zero-order chi connectivity index (χ0) is 6.78. The fourth-order valence-electron chi connectivity index (χ4n) is 0.231. The Morgan fingerprint density at radius 3 is 1.75 bits per heavy atom. The summed E-state index contributed by atoms with van der Waals surface area (Å²) in [6.45, 7) is 7.06. The van der Waals surface area contributed by atoms with Crippen molar-refractivity contribution in [3.63, 3.8) is 0 Å². The summed E-state index contributed by atoms with van der Waals surface area (Å²) in [4.78, 5) is 0. The van der Waals surface area contributed by atoms with Gasteiger partial charge in [0.05, 0.1) is 8.07 Å². The summed E-state index contributed by atoms with van der Waals surface area (Å²) in [7, 11) is -0.891. The van der Waals surface area contributed by atoms with Crippen molar-refractivity contribution in [1.82, 2.24) is 0 Å². The summed E-state index contributed by atoms with van der Waals surface area (Å²) in [6, 6.07) is 0. The van der Waals surface area contributed by atoms with E-state index in [0.717, 1.165) is 9.78 Å². The molecule has 0 aliphatic carbocycles. The van der Waals surface area contributed by atoms with Gasteiger partial charge in [0.25, 0.3) is 0 Å². The van der Waals surface area contributed by atoms with Crippen LogP contribution in [-0.2, 0) is 0 Å². The quantitative estimate of drug-likeness (QED) is 0.528. The van der Waals surface area contributed by atoms with E-state index in [2.05, 4.69) is 51.5 Å². The SMILES string of the molecule is C[Si](C)(C)[C@@H](Br)CBr. The van der Waals surface area contributed by atoms with Crippen LogP contribution in [0.25, 0.3) is 0 Å². The molecule has 0 bridgehead atoms. The second-order valence-corrected chi connectivity index (χ2v) is 11.0. The van der Waals surface area contributed by atoms with Crippen molar-refractivity contribution in [2.24, 2.45) is 0 Å². The van der Waals surface area contributed by atoms with Gasteiger partial charge >= 0.3 is 0 Å². The van der Waals surface area contributed by atoms with Crippen molar-refractivity contribution >= 4 is 39.9 Å². The molecule has 0 aromatic carbocycles. The van der Waals surface area contributed by atoms with Crippen molar-refractivity contribution in [2.45, 2.75) is 24.1 Å². The monoisotopic (exact) mass is 258 g/mol. The Bertz CT molecular complexity index is 67.3. The average molecular weight is 260 g/mol. The Morgan fingerprint density at radius 2 is 1.75 bits per heavy atom. The van der Waals surface area contributed by atoms with Gasteiger partial charge in [0.2, 0.25) is 0 Å². The molecule has 0 fully saturated rings. The Labute approximate surface area is 69.3 Å². The van der Waals surface area contributed by atoms with Gasteiger partial charge in [0.15, 0.2) is 0 Å². The van der Waals surface area contributed by atoms with Crippen LogP contribution in [0.5, 0.6) is 0 Å². The van der Waals surface area contributed by atoms with E-state index >= 15 is 0 Å². The summed E-state index contributed by atoms with van der Waals surface area (Å²) in [5, 5.41) is 1.09. The molecule has 0 aromatic rings. The Kier molecular flexibility index (Phi) is 3.87. The molecular weight excluding hydrogens is 248 g/mol. The number of rotatable bonds is 2. The second kappa shape index (κ2) is 3.37. The zero-order valence-corrected chi connectivity index (χ0v) is 9.71. The minimum Gasteiger partial charge on any atom is -0.0919 e. The second-order valence-electron chi connectivity index (χ2n) is 2.99. The third-order valence-corrected chi connectivity index (χ3v) is 9.72. The smallest absolute Gasteiger partial charge is 0.0606 e. The van der Waals surface area contributed by atoms with E-state index in [0.29, 0.717) is 0 Å². The molecule has 0 saturated heterocycles. The summed E-state index contributed by atoms with van der Waals surface area (Å²) in [6.07, 6.45) is 0. The molecule has 0 unspecified atom stereocenters. The maximum atomic E-state index is 3.61. The normalized spacial score (nSPS) is 16.1. The molecule has 8 heavy (non-hydrogen) atoms. The van der Waals surface area contributed by atoms with Crippen molar-refractivity contribution in [1.29, 1.82) is 0 Å². The molecule has 1 atom stereocenters. The van der Waals surface area contributed by atoms with Gasteiger partial charge in [0, 0.05) is 9.78 Å². The Morgan fingerprint density at radius 1 is 1.38 bits per heavy atom. The summed E-state index contributed by atoms with van der Waals surface area (Å²) in [5.41, 5.74) is 0. The van der Waals surface area contributed by atoms with E-state index < -0.39 is 8.07 Å². The molecule has 0 saturated carbocycles. The van der Waals surface area contributed by atoms with Crippen molar-refractivity contribution in [3.05, 3.63) is 0 Å². The van der Waals surface area contributed by atoms with Crippen LogP contribution in [0.15, 0.2) is 0 Å². The number of alkyl halides is 2. The molecule has 0 aromatic heterocycles. The number of hydrogen-bond donors (Lipinski definition) is 0. The number of hydrogen-bond acceptors (Lipinski definition) is 0. The zero-order valence-electron chi connectivity index (χ0n) is 5.54. The van der Waals surface area contributed by atoms with Crippen molar-refractivity contribution < 1.29 is 0 Å². The molecule has 0 N–H and O–H groups in total. The summed E-state index contributed by atoms with van der Waals surface area (Å²) >= 11 is 7.05.